The fourth-order valence-corrected chi connectivity index (χ4v) is 3.04. The molecule has 1 aliphatic rings. The van der Waals surface area contributed by atoms with Crippen molar-refractivity contribution in [1.29, 1.82) is 0 Å². The van der Waals surface area contributed by atoms with Crippen LogP contribution in [0.15, 0.2) is 0 Å². The van der Waals surface area contributed by atoms with Gasteiger partial charge in [-0.2, -0.15) is 0 Å². The smallest absolute Gasteiger partial charge is 0.169 e. The van der Waals surface area contributed by atoms with E-state index < -0.39 is 0 Å². The lowest BCUT2D eigenvalue weighted by Gasteiger charge is -2.37. The summed E-state index contributed by atoms with van der Waals surface area (Å²) in [7, 11) is 0. The third-order valence-corrected chi connectivity index (χ3v) is 4.61. The van der Waals surface area contributed by atoms with Crippen molar-refractivity contribution in [3.05, 3.63) is 5.82 Å². The molecule has 1 atom stereocenters. The Bertz CT molecular complexity index is 418. The van der Waals surface area contributed by atoms with Gasteiger partial charge in [0.15, 0.2) is 5.82 Å². The molecule has 1 saturated heterocycles. The number of nitrogens with zero attached hydrogens (tertiary/aromatic N) is 5. The first-order valence-corrected chi connectivity index (χ1v) is 8.00. The number of likely N-dealkylation sites (tertiary alicyclic amines) is 1. The molecule has 0 bridgehead atoms. The lowest BCUT2D eigenvalue weighted by molar-refractivity contribution is 0.111. The Morgan fingerprint density at radius 1 is 1.15 bits per heavy atom. The fraction of sp³-hybridized carbons (Fsp3) is 0.933. The topological polar surface area (TPSA) is 46.8 Å². The molecule has 1 aliphatic heterocycles. The number of piperidine rings is 1. The van der Waals surface area contributed by atoms with Gasteiger partial charge in [-0.1, -0.05) is 27.2 Å². The van der Waals surface area contributed by atoms with Crippen LogP contribution in [0, 0.1) is 5.92 Å². The van der Waals surface area contributed by atoms with Gasteiger partial charge in [0.05, 0.1) is 11.6 Å². The van der Waals surface area contributed by atoms with Gasteiger partial charge in [-0.25, -0.2) is 4.68 Å². The van der Waals surface area contributed by atoms with E-state index >= 15 is 0 Å². The second kappa shape index (κ2) is 6.20. The molecule has 114 valence electrons. The lowest BCUT2D eigenvalue weighted by Crippen LogP contribution is -2.40. The minimum atomic E-state index is -0.0260. The first-order valence-electron chi connectivity index (χ1n) is 8.00. The SMILES string of the molecule is CCC(C)(C)n1nnnc1C(C(C)C)N1CCCCC1. The predicted octanol–water partition coefficient (Wildman–Crippen LogP) is 3.00. The lowest BCUT2D eigenvalue weighted by atomic mass is 9.96. The molecule has 0 radical (unpaired) electrons. The van der Waals surface area contributed by atoms with E-state index in [0.29, 0.717) is 12.0 Å². The van der Waals surface area contributed by atoms with E-state index in [2.05, 4.69) is 55.0 Å². The molecule has 0 amide bonds. The molecule has 5 heteroatoms. The van der Waals surface area contributed by atoms with Crippen molar-refractivity contribution in [2.75, 3.05) is 13.1 Å². The van der Waals surface area contributed by atoms with E-state index in [1.165, 1.54) is 32.4 Å². The van der Waals surface area contributed by atoms with Gasteiger partial charge < -0.3 is 0 Å². The summed E-state index contributed by atoms with van der Waals surface area (Å²) in [4.78, 5) is 2.57. The second-order valence-corrected chi connectivity index (χ2v) is 6.90. The average Bonchev–Trinajstić information content (AvgIpc) is 2.89. The van der Waals surface area contributed by atoms with Crippen LogP contribution >= 0.6 is 0 Å². The van der Waals surface area contributed by atoms with Crippen molar-refractivity contribution >= 4 is 0 Å². The summed E-state index contributed by atoms with van der Waals surface area (Å²) in [5.74, 6) is 1.55. The molecule has 0 aliphatic carbocycles. The highest BCUT2D eigenvalue weighted by Crippen LogP contribution is 2.32. The maximum absolute atomic E-state index is 4.39. The maximum Gasteiger partial charge on any atom is 0.169 e. The molecule has 0 saturated carbocycles. The molecule has 20 heavy (non-hydrogen) atoms. The molecular weight excluding hydrogens is 250 g/mol. The van der Waals surface area contributed by atoms with Crippen LogP contribution < -0.4 is 0 Å². The van der Waals surface area contributed by atoms with Crippen LogP contribution in [0.3, 0.4) is 0 Å². The largest absolute Gasteiger partial charge is 0.293 e. The van der Waals surface area contributed by atoms with Crippen LogP contribution in [0.4, 0.5) is 0 Å². The van der Waals surface area contributed by atoms with Crippen LogP contribution in [0.25, 0.3) is 0 Å². The molecule has 5 nitrogen and oxygen atoms in total. The monoisotopic (exact) mass is 279 g/mol. The quantitative estimate of drug-likeness (QED) is 0.831. The summed E-state index contributed by atoms with van der Waals surface area (Å²) in [6.45, 7) is 13.5. The molecule has 2 rings (SSSR count). The minimum Gasteiger partial charge on any atom is -0.293 e. The van der Waals surface area contributed by atoms with Gasteiger partial charge in [0, 0.05) is 0 Å². The third-order valence-electron chi connectivity index (χ3n) is 4.61. The van der Waals surface area contributed by atoms with Gasteiger partial charge in [0.2, 0.25) is 0 Å². The van der Waals surface area contributed by atoms with Crippen molar-refractivity contribution in [1.82, 2.24) is 25.1 Å². The predicted molar refractivity (Wildman–Crippen MR) is 80.4 cm³/mol. The van der Waals surface area contributed by atoms with Crippen LogP contribution in [0.2, 0.25) is 0 Å². The number of aromatic nitrogens is 4. The minimum absolute atomic E-state index is 0.0260. The number of hydrogen-bond donors (Lipinski definition) is 0. The van der Waals surface area contributed by atoms with E-state index in [1.807, 2.05) is 4.68 Å². The first kappa shape index (κ1) is 15.4. The second-order valence-electron chi connectivity index (χ2n) is 6.90. The Hall–Kier alpha value is -0.970. The van der Waals surface area contributed by atoms with Crippen LogP contribution in [0.5, 0.6) is 0 Å². The van der Waals surface area contributed by atoms with Crippen molar-refractivity contribution in [3.8, 4) is 0 Å². The Kier molecular flexibility index (Phi) is 4.78. The molecule has 1 aromatic rings. The van der Waals surface area contributed by atoms with E-state index in [1.54, 1.807) is 0 Å². The van der Waals surface area contributed by atoms with Crippen molar-refractivity contribution in [3.63, 3.8) is 0 Å². The normalized spacial score (nSPS) is 19.5. The number of tetrazole rings is 1. The highest BCUT2D eigenvalue weighted by atomic mass is 15.6. The molecule has 0 aromatic carbocycles. The zero-order valence-corrected chi connectivity index (χ0v) is 13.6. The molecule has 0 N–H and O–H groups in total. The maximum atomic E-state index is 4.39. The fourth-order valence-electron chi connectivity index (χ4n) is 3.04. The van der Waals surface area contributed by atoms with Crippen LogP contribution in [0.1, 0.15) is 72.2 Å². The zero-order valence-electron chi connectivity index (χ0n) is 13.6. The summed E-state index contributed by atoms with van der Waals surface area (Å²) in [5.41, 5.74) is -0.0260. The zero-order chi connectivity index (χ0) is 14.8. The third kappa shape index (κ3) is 3.03. The molecule has 1 unspecified atom stereocenters. The van der Waals surface area contributed by atoms with Gasteiger partial charge in [-0.3, -0.25) is 4.90 Å². The summed E-state index contributed by atoms with van der Waals surface area (Å²) in [6.07, 6.45) is 4.96. The summed E-state index contributed by atoms with van der Waals surface area (Å²) in [6, 6.07) is 0.330. The summed E-state index contributed by atoms with van der Waals surface area (Å²) < 4.78 is 2.05. The van der Waals surface area contributed by atoms with Gasteiger partial charge >= 0.3 is 0 Å². The number of rotatable bonds is 5. The Balaban J connectivity index is 2.33. The molecule has 0 spiro atoms. The number of hydrogen-bond acceptors (Lipinski definition) is 4. The summed E-state index contributed by atoms with van der Waals surface area (Å²) >= 11 is 0. The van der Waals surface area contributed by atoms with Crippen molar-refractivity contribution in [2.45, 2.75) is 71.9 Å². The Morgan fingerprint density at radius 2 is 1.80 bits per heavy atom. The van der Waals surface area contributed by atoms with E-state index in [4.69, 9.17) is 0 Å². The first-order chi connectivity index (χ1) is 9.47. The van der Waals surface area contributed by atoms with Crippen LogP contribution in [-0.2, 0) is 5.54 Å². The standard InChI is InChI=1S/C15H29N5/c1-6-15(4,5)20-14(16-17-18-20)13(12(2)3)19-10-8-7-9-11-19/h12-13H,6-11H2,1-5H3. The van der Waals surface area contributed by atoms with Gasteiger partial charge in [0.25, 0.3) is 0 Å². The molecular formula is C15H29N5. The Labute approximate surface area is 122 Å². The van der Waals surface area contributed by atoms with E-state index in [-0.39, 0.29) is 5.54 Å². The van der Waals surface area contributed by atoms with E-state index in [0.717, 1.165) is 12.2 Å². The van der Waals surface area contributed by atoms with Crippen molar-refractivity contribution < 1.29 is 0 Å². The van der Waals surface area contributed by atoms with Crippen molar-refractivity contribution in [2.24, 2.45) is 5.92 Å². The van der Waals surface area contributed by atoms with Gasteiger partial charge in [-0.05, 0) is 62.5 Å². The highest BCUT2D eigenvalue weighted by Gasteiger charge is 2.33. The highest BCUT2D eigenvalue weighted by molar-refractivity contribution is 4.99. The van der Waals surface area contributed by atoms with Gasteiger partial charge in [-0.15, -0.1) is 5.10 Å². The average molecular weight is 279 g/mol. The molecule has 2 heterocycles. The van der Waals surface area contributed by atoms with E-state index in [9.17, 15) is 0 Å². The molecule has 1 fully saturated rings. The Morgan fingerprint density at radius 3 is 2.35 bits per heavy atom. The van der Waals surface area contributed by atoms with Crippen LogP contribution in [-0.4, -0.2) is 38.2 Å². The van der Waals surface area contributed by atoms with Gasteiger partial charge in [0.1, 0.15) is 0 Å². The molecule has 1 aromatic heterocycles. The summed E-state index contributed by atoms with van der Waals surface area (Å²) in [5, 5.41) is 12.6.